The van der Waals surface area contributed by atoms with Crippen LogP contribution in [0.2, 0.25) is 0 Å². The standard InChI is InChI=1S/C18H20N2O5/c1-22-15-8-10-24-16(15)12-25-18-19-9-7-17(21)20(18)13-23-11-14-5-3-2-4-6-14/h2-10,15-16H,11-13H2,1H3/t15-,16+/m0/s1. The Hall–Kier alpha value is -2.64. The molecule has 1 aliphatic heterocycles. The number of methoxy groups -OCH3 is 1. The molecule has 0 saturated heterocycles. The molecule has 25 heavy (non-hydrogen) atoms. The van der Waals surface area contributed by atoms with Gasteiger partial charge in [0, 0.05) is 19.4 Å². The van der Waals surface area contributed by atoms with Crippen LogP contribution in [0.15, 0.2) is 59.7 Å². The van der Waals surface area contributed by atoms with Gasteiger partial charge in [0.2, 0.25) is 0 Å². The minimum Gasteiger partial charge on any atom is -0.492 e. The first-order valence-electron chi connectivity index (χ1n) is 7.93. The van der Waals surface area contributed by atoms with Gasteiger partial charge in [-0.2, -0.15) is 0 Å². The Morgan fingerprint density at radius 3 is 2.88 bits per heavy atom. The zero-order valence-corrected chi connectivity index (χ0v) is 13.9. The molecular formula is C18H20N2O5. The summed E-state index contributed by atoms with van der Waals surface area (Å²) in [6, 6.07) is 11.3. The number of aromatic nitrogens is 2. The summed E-state index contributed by atoms with van der Waals surface area (Å²) in [6.45, 7) is 0.651. The van der Waals surface area contributed by atoms with E-state index in [1.807, 2.05) is 36.4 Å². The Balaban J connectivity index is 1.60. The molecular weight excluding hydrogens is 324 g/mol. The van der Waals surface area contributed by atoms with Crippen LogP contribution in [0.3, 0.4) is 0 Å². The van der Waals surface area contributed by atoms with Crippen LogP contribution in [0.1, 0.15) is 5.56 Å². The van der Waals surface area contributed by atoms with Crippen LogP contribution in [0.4, 0.5) is 0 Å². The molecule has 0 amide bonds. The van der Waals surface area contributed by atoms with E-state index < -0.39 is 0 Å². The molecule has 0 unspecified atom stereocenters. The molecule has 2 atom stereocenters. The van der Waals surface area contributed by atoms with Gasteiger partial charge in [-0.05, 0) is 11.6 Å². The fraction of sp³-hybridized carbons (Fsp3) is 0.333. The van der Waals surface area contributed by atoms with Crippen molar-refractivity contribution in [3.8, 4) is 6.01 Å². The molecule has 0 saturated carbocycles. The Morgan fingerprint density at radius 1 is 1.24 bits per heavy atom. The van der Waals surface area contributed by atoms with Crippen molar-refractivity contribution in [1.29, 1.82) is 0 Å². The number of nitrogens with zero attached hydrogens (tertiary/aromatic N) is 2. The molecule has 2 aromatic rings. The van der Waals surface area contributed by atoms with Crippen LogP contribution < -0.4 is 10.3 Å². The maximum Gasteiger partial charge on any atom is 0.301 e. The summed E-state index contributed by atoms with van der Waals surface area (Å²) in [5, 5.41) is 0. The smallest absolute Gasteiger partial charge is 0.301 e. The third-order valence-electron chi connectivity index (χ3n) is 3.77. The van der Waals surface area contributed by atoms with Crippen molar-refractivity contribution in [2.45, 2.75) is 25.5 Å². The van der Waals surface area contributed by atoms with E-state index in [1.165, 1.54) is 16.8 Å². The van der Waals surface area contributed by atoms with Crippen LogP contribution >= 0.6 is 0 Å². The average Bonchev–Trinajstić information content (AvgIpc) is 3.10. The van der Waals surface area contributed by atoms with E-state index in [1.54, 1.807) is 13.4 Å². The zero-order valence-electron chi connectivity index (χ0n) is 13.9. The average molecular weight is 344 g/mol. The summed E-state index contributed by atoms with van der Waals surface area (Å²) >= 11 is 0. The van der Waals surface area contributed by atoms with Gasteiger partial charge in [0.25, 0.3) is 5.56 Å². The maximum absolute atomic E-state index is 12.1. The van der Waals surface area contributed by atoms with E-state index in [-0.39, 0.29) is 37.1 Å². The van der Waals surface area contributed by atoms with E-state index in [2.05, 4.69) is 4.98 Å². The van der Waals surface area contributed by atoms with Crippen LogP contribution in [-0.2, 0) is 27.5 Å². The second-order valence-corrected chi connectivity index (χ2v) is 5.47. The predicted molar refractivity (Wildman–Crippen MR) is 90.0 cm³/mol. The molecule has 7 nitrogen and oxygen atoms in total. The van der Waals surface area contributed by atoms with Crippen LogP contribution in [0, 0.1) is 0 Å². The lowest BCUT2D eigenvalue weighted by atomic mass is 10.2. The van der Waals surface area contributed by atoms with E-state index in [0.29, 0.717) is 6.61 Å². The van der Waals surface area contributed by atoms with Gasteiger partial charge in [-0.15, -0.1) is 0 Å². The molecule has 0 fully saturated rings. The Labute approximate surface area is 145 Å². The number of hydrogen-bond acceptors (Lipinski definition) is 6. The summed E-state index contributed by atoms with van der Waals surface area (Å²) in [4.78, 5) is 16.2. The Morgan fingerprint density at radius 2 is 2.08 bits per heavy atom. The van der Waals surface area contributed by atoms with Crippen molar-refractivity contribution in [2.75, 3.05) is 13.7 Å². The van der Waals surface area contributed by atoms with E-state index >= 15 is 0 Å². The van der Waals surface area contributed by atoms with Crippen molar-refractivity contribution >= 4 is 0 Å². The maximum atomic E-state index is 12.1. The normalized spacial score (nSPS) is 18.9. The van der Waals surface area contributed by atoms with Crippen LogP contribution in [-0.4, -0.2) is 35.5 Å². The van der Waals surface area contributed by atoms with Gasteiger partial charge in [0.15, 0.2) is 6.10 Å². The number of ether oxygens (including phenoxy) is 4. The molecule has 1 aromatic heterocycles. The third-order valence-corrected chi connectivity index (χ3v) is 3.77. The van der Waals surface area contributed by atoms with Gasteiger partial charge < -0.3 is 18.9 Å². The molecule has 0 bridgehead atoms. The first kappa shape index (κ1) is 17.2. The molecule has 7 heteroatoms. The fourth-order valence-corrected chi connectivity index (χ4v) is 2.43. The molecule has 0 spiro atoms. The first-order valence-corrected chi connectivity index (χ1v) is 7.93. The van der Waals surface area contributed by atoms with Gasteiger partial charge in [-0.25, -0.2) is 9.55 Å². The molecule has 0 aliphatic carbocycles. The second kappa shape index (κ2) is 8.46. The summed E-state index contributed by atoms with van der Waals surface area (Å²) < 4.78 is 23.3. The molecule has 0 N–H and O–H groups in total. The molecule has 3 rings (SSSR count). The predicted octanol–water partition coefficient (Wildman–Crippen LogP) is 1.72. The molecule has 0 radical (unpaired) electrons. The van der Waals surface area contributed by atoms with Crippen molar-refractivity contribution in [3.63, 3.8) is 0 Å². The highest BCUT2D eigenvalue weighted by Crippen LogP contribution is 2.15. The molecule has 132 valence electrons. The lowest BCUT2D eigenvalue weighted by molar-refractivity contribution is -0.00108. The summed E-state index contributed by atoms with van der Waals surface area (Å²) in [5.41, 5.74) is 0.780. The number of benzene rings is 1. The molecule has 2 heterocycles. The molecule has 1 aliphatic rings. The van der Waals surface area contributed by atoms with Crippen molar-refractivity contribution < 1.29 is 18.9 Å². The highest BCUT2D eigenvalue weighted by Gasteiger charge is 2.25. The van der Waals surface area contributed by atoms with E-state index in [0.717, 1.165) is 5.56 Å². The van der Waals surface area contributed by atoms with Gasteiger partial charge >= 0.3 is 6.01 Å². The summed E-state index contributed by atoms with van der Waals surface area (Å²) in [7, 11) is 1.60. The minimum atomic E-state index is -0.277. The second-order valence-electron chi connectivity index (χ2n) is 5.47. The largest absolute Gasteiger partial charge is 0.492 e. The number of hydrogen-bond donors (Lipinski definition) is 0. The highest BCUT2D eigenvalue weighted by molar-refractivity contribution is 5.13. The lowest BCUT2D eigenvalue weighted by Gasteiger charge is -2.19. The van der Waals surface area contributed by atoms with Gasteiger partial charge in [0.05, 0.1) is 12.9 Å². The van der Waals surface area contributed by atoms with Crippen molar-refractivity contribution in [3.05, 3.63) is 70.9 Å². The zero-order chi connectivity index (χ0) is 17.5. The summed E-state index contributed by atoms with van der Waals surface area (Å²) in [6.07, 6.45) is 4.34. The minimum absolute atomic E-state index is 0.0500. The van der Waals surface area contributed by atoms with Gasteiger partial charge in [0.1, 0.15) is 19.4 Å². The first-order chi connectivity index (χ1) is 12.3. The topological polar surface area (TPSA) is 71.8 Å². The quantitative estimate of drug-likeness (QED) is 0.726. The monoisotopic (exact) mass is 344 g/mol. The highest BCUT2D eigenvalue weighted by atomic mass is 16.6. The fourth-order valence-electron chi connectivity index (χ4n) is 2.43. The Kier molecular flexibility index (Phi) is 5.81. The van der Waals surface area contributed by atoms with Crippen LogP contribution in [0.5, 0.6) is 6.01 Å². The Bertz CT molecular complexity index is 760. The van der Waals surface area contributed by atoms with Gasteiger partial charge in [-0.3, -0.25) is 4.79 Å². The lowest BCUT2D eigenvalue weighted by Crippen LogP contribution is -2.32. The van der Waals surface area contributed by atoms with E-state index in [9.17, 15) is 4.79 Å². The summed E-state index contributed by atoms with van der Waals surface area (Å²) in [5.74, 6) is 0. The number of rotatable bonds is 8. The van der Waals surface area contributed by atoms with E-state index in [4.69, 9.17) is 18.9 Å². The SMILES string of the molecule is CO[C@H]1C=CO[C@@H]1COc1nccc(=O)n1COCc1ccccc1. The third kappa shape index (κ3) is 4.46. The van der Waals surface area contributed by atoms with Crippen molar-refractivity contribution in [1.82, 2.24) is 9.55 Å². The molecule has 1 aromatic carbocycles. The van der Waals surface area contributed by atoms with Gasteiger partial charge in [-0.1, -0.05) is 30.3 Å². The van der Waals surface area contributed by atoms with Crippen LogP contribution in [0.25, 0.3) is 0 Å². The van der Waals surface area contributed by atoms with Crippen molar-refractivity contribution in [2.24, 2.45) is 0 Å².